The average Bonchev–Trinajstić information content (AvgIpc) is 2.92. The third-order valence-electron chi connectivity index (χ3n) is 3.29. The number of fused-ring (bicyclic) bond motifs is 1. The quantitative estimate of drug-likeness (QED) is 0.679. The van der Waals surface area contributed by atoms with Crippen molar-refractivity contribution in [2.45, 2.75) is 6.92 Å². The lowest BCUT2D eigenvalue weighted by Crippen LogP contribution is -2.12. The first-order chi connectivity index (χ1) is 11.0. The van der Waals surface area contributed by atoms with Gasteiger partial charge in [-0.3, -0.25) is 9.59 Å². The molecule has 0 radical (unpaired) electrons. The Morgan fingerprint density at radius 2 is 1.61 bits per heavy atom. The highest BCUT2D eigenvalue weighted by molar-refractivity contribution is 6.31. The summed E-state index contributed by atoms with van der Waals surface area (Å²) in [5.74, 6) is -0.386. The molecule has 0 atom stereocenters. The SMILES string of the molecule is CC(=O)Nc1ccc(NC(=O)c2cc3ccc(Cl)cc3[nH]2)cc1. The van der Waals surface area contributed by atoms with Crippen molar-refractivity contribution < 1.29 is 9.59 Å². The fraction of sp³-hybridized carbons (Fsp3) is 0.0588. The number of benzene rings is 2. The molecule has 1 heterocycles. The Labute approximate surface area is 137 Å². The number of nitrogens with one attached hydrogen (secondary N) is 3. The number of aromatic amines is 1. The van der Waals surface area contributed by atoms with Gasteiger partial charge < -0.3 is 15.6 Å². The maximum absolute atomic E-state index is 12.3. The highest BCUT2D eigenvalue weighted by Crippen LogP contribution is 2.21. The van der Waals surface area contributed by atoms with Gasteiger partial charge in [0.15, 0.2) is 0 Å². The van der Waals surface area contributed by atoms with Crippen molar-refractivity contribution in [3.8, 4) is 0 Å². The lowest BCUT2D eigenvalue weighted by Gasteiger charge is -2.06. The van der Waals surface area contributed by atoms with E-state index in [2.05, 4.69) is 15.6 Å². The molecule has 1 aromatic heterocycles. The summed E-state index contributed by atoms with van der Waals surface area (Å²) in [6, 6.07) is 14.1. The molecule has 0 saturated carbocycles. The summed E-state index contributed by atoms with van der Waals surface area (Å²) in [6.07, 6.45) is 0. The second-order valence-corrected chi connectivity index (χ2v) is 5.56. The van der Waals surface area contributed by atoms with Crippen molar-refractivity contribution in [3.05, 3.63) is 59.2 Å². The van der Waals surface area contributed by atoms with Gasteiger partial charge in [0.05, 0.1) is 0 Å². The van der Waals surface area contributed by atoms with Gasteiger partial charge in [-0.25, -0.2) is 0 Å². The summed E-state index contributed by atoms with van der Waals surface area (Å²) >= 11 is 5.94. The molecular formula is C17H14ClN3O2. The Kier molecular flexibility index (Phi) is 4.04. The topological polar surface area (TPSA) is 74.0 Å². The lowest BCUT2D eigenvalue weighted by molar-refractivity contribution is -0.114. The number of carbonyl (C=O) groups excluding carboxylic acids is 2. The molecule has 2 amide bonds. The molecule has 2 aromatic carbocycles. The van der Waals surface area contributed by atoms with E-state index in [0.717, 1.165) is 10.9 Å². The van der Waals surface area contributed by atoms with E-state index in [1.165, 1.54) is 6.92 Å². The van der Waals surface area contributed by atoms with Crippen molar-refractivity contribution in [3.63, 3.8) is 0 Å². The third kappa shape index (κ3) is 3.52. The van der Waals surface area contributed by atoms with Gasteiger partial charge in [-0.2, -0.15) is 0 Å². The smallest absolute Gasteiger partial charge is 0.272 e. The van der Waals surface area contributed by atoms with E-state index in [9.17, 15) is 9.59 Å². The van der Waals surface area contributed by atoms with Crippen LogP contribution in [0.2, 0.25) is 5.02 Å². The number of aromatic nitrogens is 1. The maximum Gasteiger partial charge on any atom is 0.272 e. The van der Waals surface area contributed by atoms with Gasteiger partial charge in [0.1, 0.15) is 5.69 Å². The molecule has 0 unspecified atom stereocenters. The number of rotatable bonds is 3. The van der Waals surface area contributed by atoms with Crippen LogP contribution in [0.1, 0.15) is 17.4 Å². The van der Waals surface area contributed by atoms with Crippen LogP contribution in [0.25, 0.3) is 10.9 Å². The van der Waals surface area contributed by atoms with Crippen molar-refractivity contribution in [2.24, 2.45) is 0 Å². The van der Waals surface area contributed by atoms with Crippen LogP contribution in [0.5, 0.6) is 0 Å². The Morgan fingerprint density at radius 3 is 2.26 bits per heavy atom. The van der Waals surface area contributed by atoms with Gasteiger partial charge in [-0.05, 0) is 42.5 Å². The van der Waals surface area contributed by atoms with Crippen LogP contribution < -0.4 is 10.6 Å². The summed E-state index contributed by atoms with van der Waals surface area (Å²) in [6.45, 7) is 1.44. The van der Waals surface area contributed by atoms with Gasteiger partial charge in [-0.15, -0.1) is 0 Å². The van der Waals surface area contributed by atoms with E-state index in [4.69, 9.17) is 11.6 Å². The summed E-state index contributed by atoms with van der Waals surface area (Å²) in [5, 5.41) is 7.00. The summed E-state index contributed by atoms with van der Waals surface area (Å²) in [4.78, 5) is 26.3. The zero-order chi connectivity index (χ0) is 16.4. The molecule has 0 bridgehead atoms. The number of carbonyl (C=O) groups is 2. The van der Waals surface area contributed by atoms with Gasteiger partial charge in [0.25, 0.3) is 5.91 Å². The lowest BCUT2D eigenvalue weighted by atomic mass is 10.2. The Balaban J connectivity index is 1.76. The largest absolute Gasteiger partial charge is 0.350 e. The van der Waals surface area contributed by atoms with Crippen molar-refractivity contribution >= 4 is 45.7 Å². The Bertz CT molecular complexity index is 884. The molecule has 0 aliphatic rings. The molecule has 0 aliphatic carbocycles. The minimum Gasteiger partial charge on any atom is -0.350 e. The number of H-pyrrole nitrogens is 1. The molecule has 0 saturated heterocycles. The maximum atomic E-state index is 12.3. The van der Waals surface area contributed by atoms with Crippen molar-refractivity contribution in [1.82, 2.24) is 4.98 Å². The van der Waals surface area contributed by atoms with Gasteiger partial charge >= 0.3 is 0 Å². The molecule has 23 heavy (non-hydrogen) atoms. The Morgan fingerprint density at radius 1 is 0.957 bits per heavy atom. The number of hydrogen-bond acceptors (Lipinski definition) is 2. The molecule has 6 heteroatoms. The molecule has 0 fully saturated rings. The van der Waals surface area contributed by atoms with Crippen molar-refractivity contribution in [2.75, 3.05) is 10.6 Å². The van der Waals surface area contributed by atoms with Crippen molar-refractivity contribution in [1.29, 1.82) is 0 Å². The first-order valence-corrected chi connectivity index (χ1v) is 7.36. The fourth-order valence-electron chi connectivity index (χ4n) is 2.26. The minimum atomic E-state index is -0.246. The van der Waals surface area contributed by atoms with Crippen LogP contribution in [0, 0.1) is 0 Å². The zero-order valence-electron chi connectivity index (χ0n) is 12.3. The molecular weight excluding hydrogens is 314 g/mol. The normalized spacial score (nSPS) is 10.5. The summed E-state index contributed by atoms with van der Waals surface area (Å²) in [5.41, 5.74) is 2.58. The first-order valence-electron chi connectivity index (χ1n) is 6.98. The van der Waals surface area contributed by atoms with E-state index in [-0.39, 0.29) is 11.8 Å². The third-order valence-corrected chi connectivity index (χ3v) is 3.53. The second-order valence-electron chi connectivity index (χ2n) is 5.13. The van der Waals surface area contributed by atoms with Crippen LogP contribution in [0.3, 0.4) is 0 Å². The zero-order valence-corrected chi connectivity index (χ0v) is 13.1. The second kappa shape index (κ2) is 6.14. The van der Waals surface area contributed by atoms with Crippen LogP contribution in [0.15, 0.2) is 48.5 Å². The van der Waals surface area contributed by atoms with E-state index in [1.54, 1.807) is 42.5 Å². The highest BCUT2D eigenvalue weighted by atomic mass is 35.5. The predicted octanol–water partition coefficient (Wildman–Crippen LogP) is 4.03. The number of anilines is 2. The molecule has 116 valence electrons. The molecule has 3 N–H and O–H groups in total. The molecule has 3 aromatic rings. The number of halogens is 1. The Hall–Kier alpha value is -2.79. The predicted molar refractivity (Wildman–Crippen MR) is 92.0 cm³/mol. The van der Waals surface area contributed by atoms with E-state index in [1.807, 2.05) is 6.07 Å². The minimum absolute atomic E-state index is 0.140. The van der Waals surface area contributed by atoms with Crippen LogP contribution >= 0.6 is 11.6 Å². The van der Waals surface area contributed by atoms with Crippen LogP contribution in [-0.2, 0) is 4.79 Å². The summed E-state index contributed by atoms with van der Waals surface area (Å²) < 4.78 is 0. The van der Waals surface area contributed by atoms with Gasteiger partial charge in [0.2, 0.25) is 5.91 Å². The molecule has 3 rings (SSSR count). The van der Waals surface area contributed by atoms with E-state index < -0.39 is 0 Å². The average molecular weight is 328 g/mol. The van der Waals surface area contributed by atoms with Crippen LogP contribution in [-0.4, -0.2) is 16.8 Å². The number of hydrogen-bond donors (Lipinski definition) is 3. The van der Waals surface area contributed by atoms with Gasteiger partial charge in [0, 0.05) is 34.2 Å². The molecule has 5 nitrogen and oxygen atoms in total. The van der Waals surface area contributed by atoms with Crippen LogP contribution in [0.4, 0.5) is 11.4 Å². The standard InChI is InChI=1S/C17H14ClN3O2/c1-10(22)19-13-4-6-14(7-5-13)20-17(23)16-8-11-2-3-12(18)9-15(11)21-16/h2-9,21H,1H3,(H,19,22)(H,20,23). The van der Waals surface area contributed by atoms with Gasteiger partial charge in [-0.1, -0.05) is 17.7 Å². The highest BCUT2D eigenvalue weighted by Gasteiger charge is 2.10. The summed E-state index contributed by atoms with van der Waals surface area (Å²) in [7, 11) is 0. The van der Waals surface area contributed by atoms with E-state index >= 15 is 0 Å². The fourth-order valence-corrected chi connectivity index (χ4v) is 2.43. The monoisotopic (exact) mass is 327 g/mol. The first kappa shape index (κ1) is 15.1. The van der Waals surface area contributed by atoms with E-state index in [0.29, 0.717) is 22.1 Å². The molecule has 0 spiro atoms. The number of amides is 2. The molecule has 0 aliphatic heterocycles.